The first-order valence-corrected chi connectivity index (χ1v) is 7.32. The van der Waals surface area contributed by atoms with E-state index in [-0.39, 0.29) is 16.6 Å². The fourth-order valence-corrected chi connectivity index (χ4v) is 2.40. The Balaban J connectivity index is 2.55. The summed E-state index contributed by atoms with van der Waals surface area (Å²) in [6.45, 7) is 12.5. The Labute approximate surface area is 127 Å². The highest BCUT2D eigenvalue weighted by molar-refractivity contribution is 6.12. The van der Waals surface area contributed by atoms with Gasteiger partial charge in [-0.25, -0.2) is 0 Å². The van der Waals surface area contributed by atoms with Crippen LogP contribution in [0.15, 0.2) is 51.9 Å². The largest absolute Gasteiger partial charge is 0.472 e. The number of Topliss-reactive ketones (excluding diaryl/α,β-unsaturated/α-hetero) is 1. The van der Waals surface area contributed by atoms with Gasteiger partial charge in [0.15, 0.2) is 5.78 Å². The topological polar surface area (TPSA) is 30.2 Å². The van der Waals surface area contributed by atoms with Crippen LogP contribution in [0.1, 0.15) is 47.1 Å². The summed E-state index contributed by atoms with van der Waals surface area (Å²) in [5.41, 5.74) is 3.45. The van der Waals surface area contributed by atoms with Gasteiger partial charge in [-0.05, 0) is 40.7 Å². The second kappa shape index (κ2) is 5.18. The van der Waals surface area contributed by atoms with E-state index < -0.39 is 0 Å². The van der Waals surface area contributed by atoms with Crippen LogP contribution in [0, 0.1) is 10.8 Å². The van der Waals surface area contributed by atoms with Gasteiger partial charge < -0.3 is 4.42 Å². The highest BCUT2D eigenvalue weighted by Crippen LogP contribution is 2.39. The molecule has 0 N–H and O–H groups in total. The van der Waals surface area contributed by atoms with Crippen molar-refractivity contribution in [1.82, 2.24) is 0 Å². The lowest BCUT2D eigenvalue weighted by atomic mass is 9.72. The SMILES string of the molecule is CC(C)(C)C1=CC(=Cc2ccoc2)C=C(C(C)(C)C)C1=O. The Bertz CT molecular complexity index is 588. The Kier molecular flexibility index (Phi) is 3.83. The zero-order valence-corrected chi connectivity index (χ0v) is 13.8. The third-order valence-electron chi connectivity index (χ3n) is 3.60. The molecule has 1 aromatic heterocycles. The lowest BCUT2D eigenvalue weighted by Crippen LogP contribution is -2.27. The summed E-state index contributed by atoms with van der Waals surface area (Å²) in [6, 6.07) is 1.92. The van der Waals surface area contributed by atoms with Gasteiger partial charge in [0, 0.05) is 16.7 Å². The second-order valence-electron chi connectivity index (χ2n) is 7.65. The van der Waals surface area contributed by atoms with E-state index in [4.69, 9.17) is 4.42 Å². The average molecular weight is 284 g/mol. The maximum atomic E-state index is 12.8. The lowest BCUT2D eigenvalue weighted by molar-refractivity contribution is -0.114. The number of ketones is 1. The van der Waals surface area contributed by atoms with Crippen LogP contribution in [0.3, 0.4) is 0 Å². The molecule has 1 aliphatic rings. The first-order valence-electron chi connectivity index (χ1n) is 7.32. The molecule has 21 heavy (non-hydrogen) atoms. The number of hydrogen-bond donors (Lipinski definition) is 0. The summed E-state index contributed by atoms with van der Waals surface area (Å²) < 4.78 is 5.11. The summed E-state index contributed by atoms with van der Waals surface area (Å²) in [4.78, 5) is 12.8. The highest BCUT2D eigenvalue weighted by atomic mass is 16.3. The summed E-state index contributed by atoms with van der Waals surface area (Å²) >= 11 is 0. The fraction of sp³-hybridized carbons (Fsp3) is 0.421. The monoisotopic (exact) mass is 284 g/mol. The van der Waals surface area contributed by atoms with Crippen LogP contribution < -0.4 is 0 Å². The summed E-state index contributed by atoms with van der Waals surface area (Å²) in [7, 11) is 0. The summed E-state index contributed by atoms with van der Waals surface area (Å²) in [5, 5.41) is 0. The molecule has 0 aromatic carbocycles. The normalized spacial score (nSPS) is 16.7. The molecule has 0 saturated heterocycles. The van der Waals surface area contributed by atoms with Crippen LogP contribution in [-0.4, -0.2) is 5.78 Å². The zero-order chi connectivity index (χ0) is 15.8. The van der Waals surface area contributed by atoms with E-state index >= 15 is 0 Å². The van der Waals surface area contributed by atoms with E-state index in [2.05, 4.69) is 41.5 Å². The van der Waals surface area contributed by atoms with Gasteiger partial charge in [0.1, 0.15) is 0 Å². The minimum Gasteiger partial charge on any atom is -0.472 e. The molecule has 0 unspecified atom stereocenters. The lowest BCUT2D eigenvalue weighted by Gasteiger charge is -2.31. The molecule has 0 saturated carbocycles. The molecule has 2 nitrogen and oxygen atoms in total. The average Bonchev–Trinajstić information content (AvgIpc) is 2.81. The van der Waals surface area contributed by atoms with Gasteiger partial charge in [0.05, 0.1) is 12.5 Å². The Morgan fingerprint density at radius 3 is 1.86 bits per heavy atom. The molecule has 1 heterocycles. The molecule has 0 radical (unpaired) electrons. The fourth-order valence-electron chi connectivity index (χ4n) is 2.40. The third kappa shape index (κ3) is 3.44. The number of furan rings is 1. The van der Waals surface area contributed by atoms with Gasteiger partial charge in [-0.1, -0.05) is 41.5 Å². The molecule has 0 bridgehead atoms. The maximum Gasteiger partial charge on any atom is 0.186 e. The van der Waals surface area contributed by atoms with Gasteiger partial charge in [-0.3, -0.25) is 4.79 Å². The van der Waals surface area contributed by atoms with Crippen molar-refractivity contribution in [2.24, 2.45) is 10.8 Å². The zero-order valence-electron chi connectivity index (χ0n) is 13.8. The van der Waals surface area contributed by atoms with Crippen molar-refractivity contribution in [3.8, 4) is 0 Å². The van der Waals surface area contributed by atoms with Gasteiger partial charge >= 0.3 is 0 Å². The van der Waals surface area contributed by atoms with Crippen molar-refractivity contribution in [2.45, 2.75) is 41.5 Å². The minimum absolute atomic E-state index is 0.166. The Morgan fingerprint density at radius 1 is 0.952 bits per heavy atom. The van der Waals surface area contributed by atoms with E-state index in [1.54, 1.807) is 12.5 Å². The molecule has 0 amide bonds. The molecule has 0 fully saturated rings. The number of allylic oxidation sites excluding steroid dienone is 5. The molecule has 0 aliphatic heterocycles. The molecular formula is C19H24O2. The summed E-state index contributed by atoms with van der Waals surface area (Å²) in [6.07, 6.45) is 9.42. The molecule has 112 valence electrons. The molecule has 2 heteroatoms. The van der Waals surface area contributed by atoms with Gasteiger partial charge in [0.25, 0.3) is 0 Å². The predicted molar refractivity (Wildman–Crippen MR) is 86.8 cm³/mol. The molecule has 1 aromatic rings. The Hall–Kier alpha value is -1.83. The number of hydrogen-bond acceptors (Lipinski definition) is 2. The van der Waals surface area contributed by atoms with Crippen LogP contribution in [-0.2, 0) is 4.79 Å². The van der Waals surface area contributed by atoms with E-state index in [1.165, 1.54) is 0 Å². The van der Waals surface area contributed by atoms with Crippen LogP contribution in [0.5, 0.6) is 0 Å². The van der Waals surface area contributed by atoms with Crippen molar-refractivity contribution < 1.29 is 9.21 Å². The first kappa shape index (κ1) is 15.6. The quantitative estimate of drug-likeness (QED) is 0.710. The first-order chi connectivity index (χ1) is 9.59. The van der Waals surface area contributed by atoms with E-state index in [1.807, 2.05) is 24.3 Å². The van der Waals surface area contributed by atoms with E-state index in [9.17, 15) is 4.79 Å². The molecular weight excluding hydrogens is 260 g/mol. The van der Waals surface area contributed by atoms with Crippen LogP contribution >= 0.6 is 0 Å². The van der Waals surface area contributed by atoms with Crippen LogP contribution in [0.25, 0.3) is 6.08 Å². The molecule has 0 atom stereocenters. The maximum absolute atomic E-state index is 12.8. The van der Waals surface area contributed by atoms with Crippen molar-refractivity contribution in [1.29, 1.82) is 0 Å². The van der Waals surface area contributed by atoms with Crippen molar-refractivity contribution in [3.63, 3.8) is 0 Å². The van der Waals surface area contributed by atoms with Gasteiger partial charge in [-0.15, -0.1) is 0 Å². The van der Waals surface area contributed by atoms with E-state index in [0.29, 0.717) is 0 Å². The van der Waals surface area contributed by atoms with E-state index in [0.717, 1.165) is 22.3 Å². The molecule has 1 aliphatic carbocycles. The van der Waals surface area contributed by atoms with Gasteiger partial charge in [-0.2, -0.15) is 0 Å². The van der Waals surface area contributed by atoms with Crippen molar-refractivity contribution in [3.05, 3.63) is 53.0 Å². The smallest absolute Gasteiger partial charge is 0.186 e. The third-order valence-corrected chi connectivity index (χ3v) is 3.60. The van der Waals surface area contributed by atoms with Crippen LogP contribution in [0.4, 0.5) is 0 Å². The molecule has 2 rings (SSSR count). The standard InChI is InChI=1S/C19H24O2/c1-18(2,3)15-10-14(9-13-7-8-21-12-13)11-16(17(15)20)19(4,5)6/h7-12H,1-6H3. The molecule has 0 spiro atoms. The number of rotatable bonds is 1. The Morgan fingerprint density at radius 2 is 1.48 bits per heavy atom. The van der Waals surface area contributed by atoms with Crippen LogP contribution in [0.2, 0.25) is 0 Å². The van der Waals surface area contributed by atoms with Crippen molar-refractivity contribution in [2.75, 3.05) is 0 Å². The minimum atomic E-state index is -0.169. The summed E-state index contributed by atoms with van der Waals surface area (Å²) in [5.74, 6) is 0.166. The van der Waals surface area contributed by atoms with Crippen molar-refractivity contribution >= 4 is 11.9 Å². The highest BCUT2D eigenvalue weighted by Gasteiger charge is 2.33. The number of carbonyl (C=O) groups is 1. The predicted octanol–water partition coefficient (Wildman–Crippen LogP) is 5.19. The van der Waals surface area contributed by atoms with Gasteiger partial charge in [0.2, 0.25) is 0 Å². The number of carbonyl (C=O) groups excluding carboxylic acids is 1. The second-order valence-corrected chi connectivity index (χ2v) is 7.65.